The highest BCUT2D eigenvalue weighted by molar-refractivity contribution is 5.71. The lowest BCUT2D eigenvalue weighted by atomic mass is 10.0. The quantitative estimate of drug-likeness (QED) is 0.0199. The van der Waals surface area contributed by atoms with Crippen LogP contribution in [0.15, 0.2) is 72.9 Å². The van der Waals surface area contributed by atoms with Crippen LogP contribution in [0, 0.1) is 0 Å². The summed E-state index contributed by atoms with van der Waals surface area (Å²) in [5.74, 6) is -0.902. The first-order valence-electron chi connectivity index (χ1n) is 29.0. The zero-order valence-electron chi connectivity index (χ0n) is 44.9. The summed E-state index contributed by atoms with van der Waals surface area (Å²) in [4.78, 5) is 38.2. The number of hydrogen-bond acceptors (Lipinski definition) is 6. The Balaban J connectivity index is 4.42. The van der Waals surface area contributed by atoms with Crippen LogP contribution < -0.4 is 0 Å². The molecule has 0 saturated carbocycles. The van der Waals surface area contributed by atoms with Gasteiger partial charge in [-0.2, -0.15) is 0 Å². The summed E-state index contributed by atoms with van der Waals surface area (Å²) in [6.07, 6.45) is 71.7. The Kier molecular flexibility index (Phi) is 53.8. The molecule has 6 nitrogen and oxygen atoms in total. The monoisotopic (exact) mass is 949 g/mol. The average molecular weight is 950 g/mol. The Hall–Kier alpha value is -3.15. The molecule has 0 radical (unpaired) electrons. The molecule has 6 heteroatoms. The van der Waals surface area contributed by atoms with Crippen LogP contribution >= 0.6 is 0 Å². The van der Waals surface area contributed by atoms with Gasteiger partial charge in [0.1, 0.15) is 13.2 Å². The van der Waals surface area contributed by atoms with Crippen LogP contribution in [0.2, 0.25) is 0 Å². The molecule has 0 bridgehead atoms. The summed E-state index contributed by atoms with van der Waals surface area (Å²) in [5.41, 5.74) is 0. The van der Waals surface area contributed by atoms with Gasteiger partial charge in [-0.15, -0.1) is 0 Å². The van der Waals surface area contributed by atoms with Crippen molar-refractivity contribution in [2.75, 3.05) is 13.2 Å². The molecule has 0 aliphatic rings. The van der Waals surface area contributed by atoms with Crippen LogP contribution in [0.4, 0.5) is 0 Å². The fourth-order valence-electron chi connectivity index (χ4n) is 8.17. The highest BCUT2D eigenvalue weighted by atomic mass is 16.6. The maximum Gasteiger partial charge on any atom is 0.306 e. The van der Waals surface area contributed by atoms with Gasteiger partial charge in [0.05, 0.1) is 0 Å². The van der Waals surface area contributed by atoms with Gasteiger partial charge in [-0.05, 0) is 64.2 Å². The molecular formula is C62H108O6. The lowest BCUT2D eigenvalue weighted by Crippen LogP contribution is -2.30. The molecule has 0 aliphatic heterocycles. The van der Waals surface area contributed by atoms with Gasteiger partial charge < -0.3 is 14.2 Å². The fraction of sp³-hybridized carbons (Fsp3) is 0.758. The van der Waals surface area contributed by atoms with E-state index < -0.39 is 6.10 Å². The summed E-state index contributed by atoms with van der Waals surface area (Å²) < 4.78 is 16.9. The molecule has 0 aromatic rings. The predicted molar refractivity (Wildman–Crippen MR) is 293 cm³/mol. The van der Waals surface area contributed by atoms with E-state index in [1.54, 1.807) is 0 Å². The molecule has 1 atom stereocenters. The van der Waals surface area contributed by atoms with Crippen LogP contribution in [0.25, 0.3) is 0 Å². The van der Waals surface area contributed by atoms with Gasteiger partial charge in [0.2, 0.25) is 0 Å². The van der Waals surface area contributed by atoms with E-state index in [1.807, 2.05) is 24.3 Å². The summed E-state index contributed by atoms with van der Waals surface area (Å²) in [6, 6.07) is 0. The van der Waals surface area contributed by atoms with Gasteiger partial charge in [0, 0.05) is 19.3 Å². The van der Waals surface area contributed by atoms with Gasteiger partial charge in [-0.3, -0.25) is 14.4 Å². The third-order valence-electron chi connectivity index (χ3n) is 12.5. The van der Waals surface area contributed by atoms with Crippen molar-refractivity contribution >= 4 is 17.9 Å². The minimum atomic E-state index is -0.786. The second kappa shape index (κ2) is 56.4. The number of allylic oxidation sites excluding steroid dienone is 12. The Morgan fingerprint density at radius 2 is 0.574 bits per heavy atom. The minimum Gasteiger partial charge on any atom is -0.462 e. The number of carbonyl (C=O) groups is 3. The molecule has 68 heavy (non-hydrogen) atoms. The van der Waals surface area contributed by atoms with Crippen molar-refractivity contribution in [3.63, 3.8) is 0 Å². The van der Waals surface area contributed by atoms with Gasteiger partial charge in [0.25, 0.3) is 0 Å². The molecule has 0 spiro atoms. The van der Waals surface area contributed by atoms with E-state index in [2.05, 4.69) is 69.4 Å². The Labute approximate surface area is 421 Å². The number of carbonyl (C=O) groups excluding carboxylic acids is 3. The first kappa shape index (κ1) is 64.8. The van der Waals surface area contributed by atoms with E-state index in [-0.39, 0.29) is 31.1 Å². The molecule has 0 fully saturated rings. The molecule has 0 aromatic heterocycles. The topological polar surface area (TPSA) is 78.9 Å². The molecular weight excluding hydrogens is 841 g/mol. The van der Waals surface area contributed by atoms with Crippen LogP contribution in [0.5, 0.6) is 0 Å². The number of unbranched alkanes of at least 4 members (excludes halogenated alkanes) is 33. The summed E-state index contributed by atoms with van der Waals surface area (Å²) in [5, 5.41) is 0. The van der Waals surface area contributed by atoms with Gasteiger partial charge in [0.15, 0.2) is 6.10 Å². The predicted octanol–water partition coefficient (Wildman–Crippen LogP) is 19.4. The normalized spacial score (nSPS) is 12.6. The van der Waals surface area contributed by atoms with Crippen LogP contribution in [-0.2, 0) is 28.6 Å². The van der Waals surface area contributed by atoms with E-state index in [9.17, 15) is 14.4 Å². The van der Waals surface area contributed by atoms with Crippen molar-refractivity contribution < 1.29 is 28.6 Å². The van der Waals surface area contributed by atoms with Crippen LogP contribution in [0.3, 0.4) is 0 Å². The van der Waals surface area contributed by atoms with E-state index in [0.29, 0.717) is 19.3 Å². The van der Waals surface area contributed by atoms with E-state index in [1.165, 1.54) is 161 Å². The summed E-state index contributed by atoms with van der Waals surface area (Å²) in [6.45, 7) is 6.54. The number of ether oxygens (including phenoxy) is 3. The lowest BCUT2D eigenvalue weighted by Gasteiger charge is -2.18. The van der Waals surface area contributed by atoms with Crippen molar-refractivity contribution in [3.8, 4) is 0 Å². The van der Waals surface area contributed by atoms with Gasteiger partial charge >= 0.3 is 17.9 Å². The largest absolute Gasteiger partial charge is 0.462 e. The second-order valence-electron chi connectivity index (χ2n) is 19.3. The van der Waals surface area contributed by atoms with Gasteiger partial charge in [-0.25, -0.2) is 0 Å². The third kappa shape index (κ3) is 53.8. The van der Waals surface area contributed by atoms with Crippen molar-refractivity contribution in [3.05, 3.63) is 72.9 Å². The first-order valence-corrected chi connectivity index (χ1v) is 29.0. The number of rotatable bonds is 52. The lowest BCUT2D eigenvalue weighted by molar-refractivity contribution is -0.167. The van der Waals surface area contributed by atoms with E-state index in [0.717, 1.165) is 83.5 Å². The smallest absolute Gasteiger partial charge is 0.306 e. The number of esters is 3. The van der Waals surface area contributed by atoms with Crippen LogP contribution in [0.1, 0.15) is 284 Å². The Morgan fingerprint density at radius 1 is 0.294 bits per heavy atom. The highest BCUT2D eigenvalue weighted by Crippen LogP contribution is 2.16. The molecule has 392 valence electrons. The second-order valence-corrected chi connectivity index (χ2v) is 19.3. The molecule has 0 N–H and O–H groups in total. The summed E-state index contributed by atoms with van der Waals surface area (Å²) in [7, 11) is 0. The first-order chi connectivity index (χ1) is 33.5. The van der Waals surface area contributed by atoms with Crippen molar-refractivity contribution in [1.29, 1.82) is 0 Å². The average Bonchev–Trinajstić information content (AvgIpc) is 3.34. The molecule has 0 aromatic carbocycles. The van der Waals surface area contributed by atoms with E-state index >= 15 is 0 Å². The zero-order valence-corrected chi connectivity index (χ0v) is 44.9. The maximum absolute atomic E-state index is 12.9. The minimum absolute atomic E-state index is 0.0840. The molecule has 0 amide bonds. The van der Waals surface area contributed by atoms with E-state index in [4.69, 9.17) is 14.2 Å². The Bertz CT molecular complexity index is 1270. The highest BCUT2D eigenvalue weighted by Gasteiger charge is 2.19. The zero-order chi connectivity index (χ0) is 49.3. The molecule has 0 heterocycles. The SMILES string of the molecule is CCC\C=C/C=C\C=C/C=C\C=C/CCCCCCCC(=O)OCC(COC(=O)CCCCCCCCC/C=C\CCCCCC)OC(=O)CCCCCCCCCCCCCCCCCCC. The van der Waals surface area contributed by atoms with Gasteiger partial charge in [-0.1, -0.05) is 273 Å². The maximum atomic E-state index is 12.9. The number of hydrogen-bond donors (Lipinski definition) is 0. The van der Waals surface area contributed by atoms with Crippen molar-refractivity contribution in [2.45, 2.75) is 290 Å². The van der Waals surface area contributed by atoms with Crippen molar-refractivity contribution in [2.24, 2.45) is 0 Å². The molecule has 1 unspecified atom stereocenters. The standard InChI is InChI=1S/C62H108O6/c1-4-7-10-13-16-19-22-25-28-30-32-34-37-40-43-46-49-52-55-61(64)67-58-59(57-66-60(63)54-51-48-45-42-39-36-33-27-24-21-18-15-12-9-6-3)68-62(65)56-53-50-47-44-41-38-35-31-29-26-23-20-17-14-11-8-5-2/h10,13,16,19,21-22,24-25,28,30,32,34,59H,4-9,11-12,14-15,17-18,20,23,26-27,29,31,33,35-58H2,1-3H3/b13-10-,19-16-,24-21-,25-22-,30-28-,34-32-. The molecule has 0 rings (SSSR count). The third-order valence-corrected chi connectivity index (χ3v) is 12.5. The van der Waals surface area contributed by atoms with Crippen LogP contribution in [-0.4, -0.2) is 37.2 Å². The molecule has 0 saturated heterocycles. The Morgan fingerprint density at radius 3 is 0.941 bits per heavy atom. The summed E-state index contributed by atoms with van der Waals surface area (Å²) >= 11 is 0. The fourth-order valence-corrected chi connectivity index (χ4v) is 8.17. The van der Waals surface area contributed by atoms with Crippen molar-refractivity contribution in [1.82, 2.24) is 0 Å². The molecule has 0 aliphatic carbocycles.